The first-order valence-corrected chi connectivity index (χ1v) is 33.4. The van der Waals surface area contributed by atoms with E-state index in [4.69, 9.17) is 4.74 Å². The van der Waals surface area contributed by atoms with Crippen molar-refractivity contribution < 1.29 is 24.5 Å². The van der Waals surface area contributed by atoms with Crippen LogP contribution in [-0.4, -0.2) is 47.4 Å². The number of carbonyl (C=O) groups is 2. The fourth-order valence-corrected chi connectivity index (χ4v) is 10.2. The third-order valence-corrected chi connectivity index (χ3v) is 15.3. The number of ether oxygens (including phenoxy) is 1. The van der Waals surface area contributed by atoms with Gasteiger partial charge in [-0.2, -0.15) is 0 Å². The molecule has 3 N–H and O–H groups in total. The van der Waals surface area contributed by atoms with Gasteiger partial charge >= 0.3 is 5.97 Å². The van der Waals surface area contributed by atoms with Gasteiger partial charge in [-0.1, -0.05) is 306 Å². The number of hydrogen-bond acceptors (Lipinski definition) is 5. The molecule has 2 unspecified atom stereocenters. The molecule has 0 bridgehead atoms. The molecule has 0 fully saturated rings. The quantitative estimate of drug-likeness (QED) is 0.0320. The van der Waals surface area contributed by atoms with E-state index in [1.165, 1.54) is 263 Å². The summed E-state index contributed by atoms with van der Waals surface area (Å²) in [4.78, 5) is 24.6. The van der Waals surface area contributed by atoms with Crippen LogP contribution in [0, 0.1) is 0 Å². The largest absolute Gasteiger partial charge is 0.466 e. The Morgan fingerprint density at radius 2 is 0.693 bits per heavy atom. The zero-order chi connectivity index (χ0) is 54.3. The lowest BCUT2D eigenvalue weighted by atomic mass is 10.0. The van der Waals surface area contributed by atoms with E-state index in [9.17, 15) is 19.8 Å². The molecule has 6 nitrogen and oxygen atoms in total. The van der Waals surface area contributed by atoms with Crippen molar-refractivity contribution >= 4 is 11.9 Å². The van der Waals surface area contributed by atoms with E-state index in [2.05, 4.69) is 67.8 Å². The highest BCUT2D eigenvalue weighted by Crippen LogP contribution is 2.18. The fourth-order valence-electron chi connectivity index (χ4n) is 10.2. The first-order chi connectivity index (χ1) is 37.0. The minimum atomic E-state index is -0.670. The van der Waals surface area contributed by atoms with Crippen molar-refractivity contribution in [1.29, 1.82) is 0 Å². The normalized spacial score (nSPS) is 12.9. The Bertz CT molecular complexity index is 1260. The molecule has 0 aromatic carbocycles. The van der Waals surface area contributed by atoms with E-state index in [0.717, 1.165) is 57.8 Å². The molecular weight excluding hydrogens is 923 g/mol. The summed E-state index contributed by atoms with van der Waals surface area (Å²) in [5.74, 6) is -0.0449. The van der Waals surface area contributed by atoms with Gasteiger partial charge in [-0.05, 0) is 83.5 Å². The predicted octanol–water partition coefficient (Wildman–Crippen LogP) is 21.3. The average molecular weight is 1050 g/mol. The van der Waals surface area contributed by atoms with Crippen LogP contribution in [0.4, 0.5) is 0 Å². The number of carbonyl (C=O) groups excluding carboxylic acids is 2. The van der Waals surface area contributed by atoms with Crippen LogP contribution in [0.5, 0.6) is 0 Å². The third kappa shape index (κ3) is 60.9. The van der Waals surface area contributed by atoms with Gasteiger partial charge in [0.1, 0.15) is 0 Å². The Morgan fingerprint density at radius 3 is 1.07 bits per heavy atom. The van der Waals surface area contributed by atoms with Gasteiger partial charge in [0.05, 0.1) is 25.4 Å². The molecule has 0 saturated heterocycles. The van der Waals surface area contributed by atoms with Gasteiger partial charge < -0.3 is 20.3 Å². The fraction of sp³-hybridized carbons (Fsp3) is 0.855. The molecule has 0 rings (SSSR count). The molecule has 2 atom stereocenters. The summed E-state index contributed by atoms with van der Waals surface area (Å²) in [6.07, 6.45) is 82.8. The van der Waals surface area contributed by atoms with Gasteiger partial charge in [-0.15, -0.1) is 0 Å². The number of aliphatic hydroxyl groups is 2. The van der Waals surface area contributed by atoms with Crippen molar-refractivity contribution in [1.82, 2.24) is 5.32 Å². The molecule has 0 aromatic rings. The van der Waals surface area contributed by atoms with Crippen molar-refractivity contribution in [3.63, 3.8) is 0 Å². The molecule has 0 aliphatic carbocycles. The van der Waals surface area contributed by atoms with E-state index in [0.29, 0.717) is 25.9 Å². The van der Waals surface area contributed by atoms with E-state index in [1.54, 1.807) is 0 Å². The van der Waals surface area contributed by atoms with Crippen LogP contribution in [0.1, 0.15) is 354 Å². The second kappa shape index (κ2) is 64.3. The topological polar surface area (TPSA) is 95.9 Å². The summed E-state index contributed by atoms with van der Waals surface area (Å²) in [6.45, 7) is 4.90. The Hall–Kier alpha value is -2.18. The van der Waals surface area contributed by atoms with E-state index in [1.807, 2.05) is 0 Å². The van der Waals surface area contributed by atoms with E-state index >= 15 is 0 Å². The van der Waals surface area contributed by atoms with Gasteiger partial charge in [-0.25, -0.2) is 0 Å². The molecule has 0 spiro atoms. The minimum Gasteiger partial charge on any atom is -0.466 e. The maximum absolute atomic E-state index is 12.5. The van der Waals surface area contributed by atoms with Crippen molar-refractivity contribution in [2.24, 2.45) is 0 Å². The lowest BCUT2D eigenvalue weighted by molar-refractivity contribution is -0.143. The molecule has 0 aliphatic rings. The summed E-state index contributed by atoms with van der Waals surface area (Å²) in [5.41, 5.74) is 0. The van der Waals surface area contributed by atoms with E-state index in [-0.39, 0.29) is 18.5 Å². The van der Waals surface area contributed by atoms with E-state index < -0.39 is 12.1 Å². The number of hydrogen-bond donors (Lipinski definition) is 3. The SMILES string of the molecule is CCC/C=C\C/C=C\CCCCCCCC(=O)OCCCCCCCCCCC/C=C\C/C=C\CCCCCCCCCCCC(=O)NC(CO)C(O)CCCCCCCCCCCCCCCCCCCCCC. The van der Waals surface area contributed by atoms with Crippen molar-refractivity contribution in [2.75, 3.05) is 13.2 Å². The second-order valence-electron chi connectivity index (χ2n) is 22.8. The average Bonchev–Trinajstić information content (AvgIpc) is 3.41. The summed E-state index contributed by atoms with van der Waals surface area (Å²) in [5, 5.41) is 23.4. The van der Waals surface area contributed by atoms with Crippen LogP contribution < -0.4 is 5.32 Å². The monoisotopic (exact) mass is 1050 g/mol. The van der Waals surface area contributed by atoms with Gasteiger partial charge in [0.2, 0.25) is 5.91 Å². The minimum absolute atomic E-state index is 0.00636. The zero-order valence-electron chi connectivity index (χ0n) is 50.3. The summed E-state index contributed by atoms with van der Waals surface area (Å²) in [6, 6.07) is -0.548. The summed E-state index contributed by atoms with van der Waals surface area (Å²) >= 11 is 0. The number of rotatable bonds is 62. The van der Waals surface area contributed by atoms with Gasteiger partial charge in [0.15, 0.2) is 0 Å². The highest BCUT2D eigenvalue weighted by molar-refractivity contribution is 5.76. The first-order valence-electron chi connectivity index (χ1n) is 33.4. The molecule has 440 valence electrons. The van der Waals surface area contributed by atoms with Crippen LogP contribution in [0.2, 0.25) is 0 Å². The Balaban J connectivity index is 3.44. The van der Waals surface area contributed by atoms with Crippen LogP contribution >= 0.6 is 0 Å². The van der Waals surface area contributed by atoms with Gasteiger partial charge in [0.25, 0.3) is 0 Å². The molecule has 0 aliphatic heterocycles. The maximum atomic E-state index is 12.5. The van der Waals surface area contributed by atoms with Crippen LogP contribution in [0.25, 0.3) is 0 Å². The van der Waals surface area contributed by atoms with Crippen molar-refractivity contribution in [2.45, 2.75) is 366 Å². The number of nitrogens with one attached hydrogen (secondary N) is 1. The van der Waals surface area contributed by atoms with Gasteiger partial charge in [0, 0.05) is 12.8 Å². The zero-order valence-corrected chi connectivity index (χ0v) is 50.3. The van der Waals surface area contributed by atoms with Crippen LogP contribution in [0.15, 0.2) is 48.6 Å². The third-order valence-electron chi connectivity index (χ3n) is 15.3. The van der Waals surface area contributed by atoms with Crippen LogP contribution in [0.3, 0.4) is 0 Å². The Morgan fingerprint density at radius 1 is 0.373 bits per heavy atom. The molecule has 6 heteroatoms. The smallest absolute Gasteiger partial charge is 0.305 e. The number of aliphatic hydroxyl groups excluding tert-OH is 2. The molecule has 0 aromatic heterocycles. The lowest BCUT2D eigenvalue weighted by Gasteiger charge is -2.22. The maximum Gasteiger partial charge on any atom is 0.305 e. The molecule has 0 radical (unpaired) electrons. The Kier molecular flexibility index (Phi) is 62.5. The molecule has 75 heavy (non-hydrogen) atoms. The standard InChI is InChI=1S/C69H129NO5/c1-3-5-7-9-11-13-15-17-18-19-20-28-31-34-38-41-45-49-53-57-61-67(72)66(65-71)70-68(73)62-58-54-50-46-42-39-35-32-29-26-24-22-21-23-25-27-30-33-36-40-44-48-52-56-60-64-75-69(74)63-59-55-51-47-43-37-16-14-12-10-8-6-4-2/h8,10,14,16,22-25,66-67,71-72H,3-7,9,11-13,15,17-21,26-65H2,1-2H3,(H,70,73)/b10-8-,16-14-,24-22-,25-23-. The molecule has 0 saturated carbocycles. The van der Waals surface area contributed by atoms with Gasteiger partial charge in [-0.3, -0.25) is 9.59 Å². The number of amides is 1. The number of esters is 1. The van der Waals surface area contributed by atoms with Crippen molar-refractivity contribution in [3.05, 3.63) is 48.6 Å². The first kappa shape index (κ1) is 72.8. The molecule has 1 amide bonds. The summed E-state index contributed by atoms with van der Waals surface area (Å²) in [7, 11) is 0. The summed E-state index contributed by atoms with van der Waals surface area (Å²) < 4.78 is 5.46. The molecular formula is C69H129NO5. The second-order valence-corrected chi connectivity index (χ2v) is 22.8. The Labute approximate surface area is 467 Å². The van der Waals surface area contributed by atoms with Crippen molar-refractivity contribution in [3.8, 4) is 0 Å². The lowest BCUT2D eigenvalue weighted by Crippen LogP contribution is -2.45. The predicted molar refractivity (Wildman–Crippen MR) is 329 cm³/mol. The highest BCUT2D eigenvalue weighted by Gasteiger charge is 2.20. The number of allylic oxidation sites excluding steroid dienone is 8. The van der Waals surface area contributed by atoms with Crippen LogP contribution in [-0.2, 0) is 14.3 Å². The highest BCUT2D eigenvalue weighted by atomic mass is 16.5. The molecule has 0 heterocycles. The number of unbranched alkanes of at least 4 members (excludes halogenated alkanes) is 43.